The summed E-state index contributed by atoms with van der Waals surface area (Å²) in [7, 11) is 3.27. The van der Waals surface area contributed by atoms with Crippen LogP contribution in [-0.4, -0.2) is 20.1 Å². The molecule has 1 amide bonds. The van der Waals surface area contributed by atoms with E-state index in [-0.39, 0.29) is 11.8 Å². The third-order valence-corrected chi connectivity index (χ3v) is 3.65. The quantitative estimate of drug-likeness (QED) is 0.809. The summed E-state index contributed by atoms with van der Waals surface area (Å²) in [6, 6.07) is 13.4. The van der Waals surface area contributed by atoms with Crippen molar-refractivity contribution in [1.82, 2.24) is 0 Å². The number of hydrogen-bond donors (Lipinski definition) is 2. The normalized spacial score (nSPS) is 10.4. The van der Waals surface area contributed by atoms with Crippen molar-refractivity contribution in [1.29, 1.82) is 0 Å². The van der Waals surface area contributed by atoms with E-state index < -0.39 is 0 Å². The first-order chi connectivity index (χ1) is 11.5. The standard InChI is InChI=1S/C19H24N2O3/c1-13(2)19(22)21-16-8-6-15(7-9-16)20-12-14-5-10-17(23-3)11-18(14)24-4/h5-11,13,20H,12H2,1-4H3,(H,21,22). The number of rotatable bonds is 7. The van der Waals surface area contributed by atoms with Gasteiger partial charge in [0.15, 0.2) is 0 Å². The van der Waals surface area contributed by atoms with E-state index in [2.05, 4.69) is 10.6 Å². The molecular weight excluding hydrogens is 304 g/mol. The van der Waals surface area contributed by atoms with Gasteiger partial charge in [-0.15, -0.1) is 0 Å². The number of anilines is 2. The number of carbonyl (C=O) groups excluding carboxylic acids is 1. The molecule has 0 aliphatic heterocycles. The average molecular weight is 328 g/mol. The van der Waals surface area contributed by atoms with Gasteiger partial charge in [-0.3, -0.25) is 4.79 Å². The lowest BCUT2D eigenvalue weighted by atomic mass is 10.1. The molecule has 0 fully saturated rings. The number of amides is 1. The van der Waals surface area contributed by atoms with Crippen molar-refractivity contribution >= 4 is 17.3 Å². The van der Waals surface area contributed by atoms with Crippen LogP contribution in [0.1, 0.15) is 19.4 Å². The molecule has 0 radical (unpaired) electrons. The number of nitrogens with one attached hydrogen (secondary N) is 2. The van der Waals surface area contributed by atoms with Crippen LogP contribution in [0.2, 0.25) is 0 Å². The van der Waals surface area contributed by atoms with Gasteiger partial charge in [-0.1, -0.05) is 13.8 Å². The van der Waals surface area contributed by atoms with Crippen LogP contribution >= 0.6 is 0 Å². The molecule has 0 spiro atoms. The molecule has 0 saturated carbocycles. The molecule has 0 saturated heterocycles. The number of carbonyl (C=O) groups is 1. The molecule has 2 aromatic rings. The van der Waals surface area contributed by atoms with Gasteiger partial charge in [-0.2, -0.15) is 0 Å². The van der Waals surface area contributed by atoms with E-state index in [1.807, 2.05) is 56.3 Å². The first-order valence-electron chi connectivity index (χ1n) is 7.89. The highest BCUT2D eigenvalue weighted by atomic mass is 16.5. The van der Waals surface area contributed by atoms with Crippen molar-refractivity contribution in [3.05, 3.63) is 48.0 Å². The van der Waals surface area contributed by atoms with E-state index in [0.717, 1.165) is 28.4 Å². The highest BCUT2D eigenvalue weighted by molar-refractivity contribution is 5.92. The highest BCUT2D eigenvalue weighted by Gasteiger charge is 2.07. The Hall–Kier alpha value is -2.69. The predicted octanol–water partition coefficient (Wildman–Crippen LogP) is 3.91. The van der Waals surface area contributed by atoms with Crippen molar-refractivity contribution in [3.63, 3.8) is 0 Å². The molecule has 0 bridgehead atoms. The summed E-state index contributed by atoms with van der Waals surface area (Å²) < 4.78 is 10.6. The molecule has 0 atom stereocenters. The molecule has 24 heavy (non-hydrogen) atoms. The van der Waals surface area contributed by atoms with Gasteiger partial charge < -0.3 is 20.1 Å². The fraction of sp³-hybridized carbons (Fsp3) is 0.316. The molecule has 128 valence electrons. The third kappa shape index (κ3) is 4.65. The summed E-state index contributed by atoms with van der Waals surface area (Å²) in [5, 5.41) is 6.22. The Morgan fingerprint density at radius 1 is 1.00 bits per heavy atom. The topological polar surface area (TPSA) is 59.6 Å². The van der Waals surface area contributed by atoms with E-state index in [9.17, 15) is 4.79 Å². The number of ether oxygens (including phenoxy) is 2. The molecule has 0 unspecified atom stereocenters. The zero-order chi connectivity index (χ0) is 17.5. The molecule has 0 aliphatic carbocycles. The number of benzene rings is 2. The van der Waals surface area contributed by atoms with E-state index in [0.29, 0.717) is 6.54 Å². The summed E-state index contributed by atoms with van der Waals surface area (Å²) in [6.07, 6.45) is 0. The minimum atomic E-state index is -0.0367. The van der Waals surface area contributed by atoms with Crippen LogP contribution in [0.3, 0.4) is 0 Å². The van der Waals surface area contributed by atoms with Crippen LogP contribution in [0.5, 0.6) is 11.5 Å². The Labute approximate surface area is 143 Å². The van der Waals surface area contributed by atoms with Crippen LogP contribution in [0.25, 0.3) is 0 Å². The predicted molar refractivity (Wildman–Crippen MR) is 96.8 cm³/mol. The largest absolute Gasteiger partial charge is 0.497 e. The lowest BCUT2D eigenvalue weighted by Gasteiger charge is -2.13. The van der Waals surface area contributed by atoms with Crippen molar-refractivity contribution < 1.29 is 14.3 Å². The molecule has 0 aliphatic rings. The van der Waals surface area contributed by atoms with E-state index in [1.54, 1.807) is 14.2 Å². The smallest absolute Gasteiger partial charge is 0.226 e. The molecule has 5 heteroatoms. The van der Waals surface area contributed by atoms with Gasteiger partial charge in [0.1, 0.15) is 11.5 Å². The molecule has 2 rings (SSSR count). The van der Waals surface area contributed by atoms with Gasteiger partial charge in [0.25, 0.3) is 0 Å². The fourth-order valence-electron chi connectivity index (χ4n) is 2.15. The maximum Gasteiger partial charge on any atom is 0.226 e. The molecule has 5 nitrogen and oxygen atoms in total. The Morgan fingerprint density at radius 2 is 1.67 bits per heavy atom. The maximum absolute atomic E-state index is 11.7. The lowest BCUT2D eigenvalue weighted by Crippen LogP contribution is -2.17. The zero-order valence-electron chi connectivity index (χ0n) is 14.6. The van der Waals surface area contributed by atoms with Crippen molar-refractivity contribution in [2.75, 3.05) is 24.9 Å². The first-order valence-corrected chi connectivity index (χ1v) is 7.89. The SMILES string of the molecule is COc1ccc(CNc2ccc(NC(=O)C(C)C)cc2)c(OC)c1. The summed E-state index contributed by atoms with van der Waals surface area (Å²) in [6.45, 7) is 4.37. The second-order valence-corrected chi connectivity index (χ2v) is 5.75. The van der Waals surface area contributed by atoms with Gasteiger partial charge in [-0.05, 0) is 36.4 Å². The highest BCUT2D eigenvalue weighted by Crippen LogP contribution is 2.25. The number of methoxy groups -OCH3 is 2. The Morgan fingerprint density at radius 3 is 2.25 bits per heavy atom. The summed E-state index contributed by atoms with van der Waals surface area (Å²) in [4.78, 5) is 11.7. The second-order valence-electron chi connectivity index (χ2n) is 5.75. The van der Waals surface area contributed by atoms with Crippen LogP contribution in [0, 0.1) is 5.92 Å². The van der Waals surface area contributed by atoms with E-state index in [1.165, 1.54) is 0 Å². The lowest BCUT2D eigenvalue weighted by molar-refractivity contribution is -0.118. The van der Waals surface area contributed by atoms with Crippen LogP contribution in [0.4, 0.5) is 11.4 Å². The minimum absolute atomic E-state index is 0.0127. The molecule has 0 heterocycles. The maximum atomic E-state index is 11.7. The van der Waals surface area contributed by atoms with E-state index >= 15 is 0 Å². The van der Waals surface area contributed by atoms with Crippen LogP contribution in [0.15, 0.2) is 42.5 Å². The molecule has 2 aromatic carbocycles. The van der Waals surface area contributed by atoms with Gasteiger partial charge in [0.05, 0.1) is 14.2 Å². The van der Waals surface area contributed by atoms with E-state index in [4.69, 9.17) is 9.47 Å². The Bertz CT molecular complexity index is 682. The van der Waals surface area contributed by atoms with Crippen LogP contribution in [-0.2, 0) is 11.3 Å². The Balaban J connectivity index is 1.98. The fourth-order valence-corrected chi connectivity index (χ4v) is 2.15. The van der Waals surface area contributed by atoms with Crippen molar-refractivity contribution in [3.8, 4) is 11.5 Å². The molecule has 2 N–H and O–H groups in total. The van der Waals surface area contributed by atoms with Gasteiger partial charge in [-0.25, -0.2) is 0 Å². The summed E-state index contributed by atoms with van der Waals surface area (Å²) in [5.41, 5.74) is 2.80. The van der Waals surface area contributed by atoms with Crippen molar-refractivity contribution in [2.24, 2.45) is 5.92 Å². The van der Waals surface area contributed by atoms with Crippen LogP contribution < -0.4 is 20.1 Å². The zero-order valence-corrected chi connectivity index (χ0v) is 14.6. The third-order valence-electron chi connectivity index (χ3n) is 3.65. The summed E-state index contributed by atoms with van der Waals surface area (Å²) >= 11 is 0. The first kappa shape index (κ1) is 17.7. The van der Waals surface area contributed by atoms with Gasteiger partial charge in [0, 0.05) is 35.5 Å². The minimum Gasteiger partial charge on any atom is -0.497 e. The van der Waals surface area contributed by atoms with Crippen molar-refractivity contribution in [2.45, 2.75) is 20.4 Å². The molecular formula is C19H24N2O3. The summed E-state index contributed by atoms with van der Waals surface area (Å²) in [5.74, 6) is 1.52. The number of hydrogen-bond acceptors (Lipinski definition) is 4. The average Bonchev–Trinajstić information content (AvgIpc) is 2.60. The molecule has 0 aromatic heterocycles. The van der Waals surface area contributed by atoms with Gasteiger partial charge >= 0.3 is 0 Å². The second kappa shape index (κ2) is 8.24. The monoisotopic (exact) mass is 328 g/mol. The van der Waals surface area contributed by atoms with Gasteiger partial charge in [0.2, 0.25) is 5.91 Å². The Kier molecular flexibility index (Phi) is 6.07.